The zero-order chi connectivity index (χ0) is 16.7. The molecular formula is C17H22N6O. The van der Waals surface area contributed by atoms with Gasteiger partial charge >= 0.3 is 0 Å². The largest absolute Gasteiger partial charge is 0.393 e. The van der Waals surface area contributed by atoms with E-state index in [1.54, 1.807) is 4.68 Å². The number of aryl methyl sites for hydroxylation is 1. The van der Waals surface area contributed by atoms with Gasteiger partial charge in [0, 0.05) is 43.5 Å². The van der Waals surface area contributed by atoms with Crippen LogP contribution in [0.25, 0.3) is 22.2 Å². The van der Waals surface area contributed by atoms with Gasteiger partial charge in [0.1, 0.15) is 11.5 Å². The second kappa shape index (κ2) is 5.90. The fourth-order valence-electron chi connectivity index (χ4n) is 3.51. The summed E-state index contributed by atoms with van der Waals surface area (Å²) >= 11 is 0. The Kier molecular flexibility index (Phi) is 3.72. The summed E-state index contributed by atoms with van der Waals surface area (Å²) in [6.07, 6.45) is 9.07. The van der Waals surface area contributed by atoms with Gasteiger partial charge in [0.25, 0.3) is 0 Å². The van der Waals surface area contributed by atoms with Crippen molar-refractivity contribution in [2.45, 2.75) is 37.8 Å². The maximum Gasteiger partial charge on any atom is 0.127 e. The second-order valence-electron chi connectivity index (χ2n) is 6.49. The Balaban J connectivity index is 1.85. The zero-order valence-corrected chi connectivity index (χ0v) is 14.0. The van der Waals surface area contributed by atoms with Crippen molar-refractivity contribution in [1.82, 2.24) is 24.5 Å². The third-order valence-electron chi connectivity index (χ3n) is 4.84. The molecule has 0 atom stereocenters. The molecular weight excluding hydrogens is 304 g/mol. The lowest BCUT2D eigenvalue weighted by Crippen LogP contribution is -2.21. The van der Waals surface area contributed by atoms with Crippen LogP contribution in [0.4, 0.5) is 5.82 Å². The third-order valence-corrected chi connectivity index (χ3v) is 4.84. The topological polar surface area (TPSA) is 80.8 Å². The highest BCUT2D eigenvalue weighted by Crippen LogP contribution is 2.35. The van der Waals surface area contributed by atoms with Gasteiger partial charge in [-0.1, -0.05) is 0 Å². The SMILES string of the molecule is CNc1cc2c(cn1)c(-c1cnn(C)c1)nn2[C@H]1CC[C@@H](O)CC1. The van der Waals surface area contributed by atoms with Crippen molar-refractivity contribution in [1.29, 1.82) is 0 Å². The number of aliphatic hydroxyl groups is 1. The molecule has 3 heterocycles. The Labute approximate surface area is 140 Å². The first-order valence-corrected chi connectivity index (χ1v) is 8.39. The summed E-state index contributed by atoms with van der Waals surface area (Å²) in [7, 11) is 3.77. The molecule has 0 aromatic carbocycles. The standard InChI is InChI=1S/C17H22N6O/c1-18-16-7-15-14(9-19-16)17(11-8-20-22(2)10-11)21-23(15)12-3-5-13(24)6-4-12/h7-10,12-13,24H,3-6H2,1-2H3,(H,18,19)/t12-,13+. The number of nitrogens with zero attached hydrogens (tertiary/aromatic N) is 5. The van der Waals surface area contributed by atoms with Gasteiger partial charge in [0.05, 0.1) is 23.9 Å². The number of nitrogens with one attached hydrogen (secondary N) is 1. The molecule has 1 fully saturated rings. The first kappa shape index (κ1) is 15.1. The lowest BCUT2D eigenvalue weighted by atomic mass is 9.93. The molecule has 0 unspecified atom stereocenters. The summed E-state index contributed by atoms with van der Waals surface area (Å²) in [5.41, 5.74) is 2.99. The molecule has 2 N–H and O–H groups in total. The Morgan fingerprint density at radius 1 is 1.21 bits per heavy atom. The van der Waals surface area contributed by atoms with E-state index in [9.17, 15) is 5.11 Å². The van der Waals surface area contributed by atoms with Gasteiger partial charge in [-0.2, -0.15) is 10.2 Å². The Morgan fingerprint density at radius 2 is 2.00 bits per heavy atom. The number of fused-ring (bicyclic) bond motifs is 1. The molecule has 1 aliphatic carbocycles. The lowest BCUT2D eigenvalue weighted by Gasteiger charge is -2.26. The summed E-state index contributed by atoms with van der Waals surface area (Å²) in [5.74, 6) is 0.831. The van der Waals surface area contributed by atoms with Gasteiger partial charge in [-0.25, -0.2) is 4.98 Å². The van der Waals surface area contributed by atoms with Crippen molar-refractivity contribution >= 4 is 16.7 Å². The summed E-state index contributed by atoms with van der Waals surface area (Å²) in [6, 6.07) is 2.36. The van der Waals surface area contributed by atoms with Crippen LogP contribution in [0, 0.1) is 0 Å². The van der Waals surface area contributed by atoms with Crippen molar-refractivity contribution < 1.29 is 5.11 Å². The molecule has 7 heteroatoms. The Morgan fingerprint density at radius 3 is 2.67 bits per heavy atom. The minimum absolute atomic E-state index is 0.171. The van der Waals surface area contributed by atoms with E-state index in [0.717, 1.165) is 53.7 Å². The fraction of sp³-hybridized carbons (Fsp3) is 0.471. The number of hydrogen-bond acceptors (Lipinski definition) is 5. The molecule has 0 amide bonds. The monoisotopic (exact) mass is 326 g/mol. The zero-order valence-electron chi connectivity index (χ0n) is 14.0. The molecule has 3 aromatic rings. The van der Waals surface area contributed by atoms with Crippen LogP contribution in [-0.2, 0) is 7.05 Å². The van der Waals surface area contributed by atoms with Gasteiger partial charge in [0.15, 0.2) is 0 Å². The van der Waals surface area contributed by atoms with E-state index in [4.69, 9.17) is 5.10 Å². The maximum absolute atomic E-state index is 9.79. The van der Waals surface area contributed by atoms with Gasteiger partial charge in [-0.3, -0.25) is 9.36 Å². The molecule has 24 heavy (non-hydrogen) atoms. The van der Waals surface area contributed by atoms with E-state index in [1.807, 2.05) is 38.8 Å². The lowest BCUT2D eigenvalue weighted by molar-refractivity contribution is 0.109. The minimum Gasteiger partial charge on any atom is -0.393 e. The van der Waals surface area contributed by atoms with Crippen molar-refractivity contribution in [3.05, 3.63) is 24.7 Å². The van der Waals surface area contributed by atoms with Gasteiger partial charge in [-0.15, -0.1) is 0 Å². The number of anilines is 1. The van der Waals surface area contributed by atoms with Gasteiger partial charge in [-0.05, 0) is 25.7 Å². The molecule has 0 aliphatic heterocycles. The van der Waals surface area contributed by atoms with E-state index in [-0.39, 0.29) is 6.10 Å². The molecule has 0 bridgehead atoms. The van der Waals surface area contributed by atoms with Crippen LogP contribution < -0.4 is 5.32 Å². The fourth-order valence-corrected chi connectivity index (χ4v) is 3.51. The van der Waals surface area contributed by atoms with Crippen LogP contribution in [0.15, 0.2) is 24.7 Å². The number of aliphatic hydroxyl groups excluding tert-OH is 1. The van der Waals surface area contributed by atoms with Crippen LogP contribution in [0.5, 0.6) is 0 Å². The molecule has 7 nitrogen and oxygen atoms in total. The van der Waals surface area contributed by atoms with E-state index >= 15 is 0 Å². The highest BCUT2D eigenvalue weighted by atomic mass is 16.3. The Hall–Kier alpha value is -2.41. The summed E-state index contributed by atoms with van der Waals surface area (Å²) < 4.78 is 3.90. The molecule has 3 aromatic heterocycles. The smallest absolute Gasteiger partial charge is 0.127 e. The van der Waals surface area contributed by atoms with Crippen LogP contribution >= 0.6 is 0 Å². The van der Waals surface area contributed by atoms with E-state index in [1.165, 1.54) is 0 Å². The summed E-state index contributed by atoms with van der Waals surface area (Å²) in [6.45, 7) is 0. The molecule has 1 saturated carbocycles. The highest BCUT2D eigenvalue weighted by molar-refractivity contribution is 5.93. The maximum atomic E-state index is 9.79. The van der Waals surface area contributed by atoms with Crippen molar-refractivity contribution in [2.24, 2.45) is 7.05 Å². The van der Waals surface area contributed by atoms with E-state index in [0.29, 0.717) is 6.04 Å². The van der Waals surface area contributed by atoms with Crippen molar-refractivity contribution in [3.63, 3.8) is 0 Å². The van der Waals surface area contributed by atoms with Crippen LogP contribution in [0.1, 0.15) is 31.7 Å². The molecule has 0 radical (unpaired) electrons. The number of hydrogen-bond donors (Lipinski definition) is 2. The minimum atomic E-state index is -0.171. The van der Waals surface area contributed by atoms with Crippen LogP contribution in [0.2, 0.25) is 0 Å². The first-order chi connectivity index (χ1) is 11.7. The van der Waals surface area contributed by atoms with E-state index < -0.39 is 0 Å². The second-order valence-corrected chi connectivity index (χ2v) is 6.49. The van der Waals surface area contributed by atoms with Crippen molar-refractivity contribution in [3.8, 4) is 11.3 Å². The number of pyridine rings is 1. The summed E-state index contributed by atoms with van der Waals surface area (Å²) in [4.78, 5) is 4.46. The highest BCUT2D eigenvalue weighted by Gasteiger charge is 2.25. The first-order valence-electron chi connectivity index (χ1n) is 8.39. The third kappa shape index (κ3) is 2.54. The molecule has 4 rings (SSSR count). The Bertz CT molecular complexity index is 859. The average Bonchev–Trinajstić information content (AvgIpc) is 3.18. The normalized spacial score (nSPS) is 21.3. The average molecular weight is 326 g/mol. The van der Waals surface area contributed by atoms with E-state index in [2.05, 4.69) is 20.1 Å². The van der Waals surface area contributed by atoms with Gasteiger partial charge in [0.2, 0.25) is 0 Å². The molecule has 0 spiro atoms. The quantitative estimate of drug-likeness (QED) is 0.772. The van der Waals surface area contributed by atoms with Crippen LogP contribution in [0.3, 0.4) is 0 Å². The number of rotatable bonds is 3. The van der Waals surface area contributed by atoms with Gasteiger partial charge < -0.3 is 10.4 Å². The predicted octanol–water partition coefficient (Wildman–Crippen LogP) is 2.35. The molecule has 126 valence electrons. The number of aromatic nitrogens is 5. The van der Waals surface area contributed by atoms with Crippen molar-refractivity contribution in [2.75, 3.05) is 12.4 Å². The van der Waals surface area contributed by atoms with Crippen LogP contribution in [-0.4, -0.2) is 42.8 Å². The summed E-state index contributed by atoms with van der Waals surface area (Å²) in [5, 5.41) is 23.1. The molecule has 1 aliphatic rings. The molecule has 0 saturated heterocycles. The predicted molar refractivity (Wildman–Crippen MR) is 92.8 cm³/mol.